The molecule has 0 bridgehead atoms. The Kier molecular flexibility index (Phi) is 6.32. The molecule has 29 heavy (non-hydrogen) atoms. The monoisotopic (exact) mass is 422 g/mol. The van der Waals surface area contributed by atoms with Crippen LogP contribution in [0.5, 0.6) is 5.75 Å². The maximum absolute atomic E-state index is 12.2. The van der Waals surface area contributed by atoms with Gasteiger partial charge in [0, 0.05) is 17.6 Å². The molecule has 3 rings (SSSR count). The minimum Gasteiger partial charge on any atom is -0.406 e. The van der Waals surface area contributed by atoms with Crippen LogP contribution in [0.25, 0.3) is 0 Å². The Morgan fingerprint density at radius 2 is 1.90 bits per heavy atom. The molecule has 1 amide bonds. The number of aryl methyl sites for hydroxylation is 1. The van der Waals surface area contributed by atoms with E-state index in [1.54, 1.807) is 5.38 Å². The Balaban J connectivity index is 1.48. The van der Waals surface area contributed by atoms with E-state index in [2.05, 4.69) is 25.3 Å². The molecule has 1 aromatic carbocycles. The molecule has 0 radical (unpaired) electrons. The molecule has 0 saturated carbocycles. The van der Waals surface area contributed by atoms with Crippen molar-refractivity contribution in [3.63, 3.8) is 0 Å². The molecule has 0 atom stereocenters. The molecule has 152 valence electrons. The van der Waals surface area contributed by atoms with Gasteiger partial charge in [-0.2, -0.15) is 0 Å². The first kappa shape index (κ1) is 20.6. The number of carbonyl (C=O) groups excluding carboxylic acids is 1. The van der Waals surface area contributed by atoms with Crippen molar-refractivity contribution >= 4 is 28.2 Å². The second-order valence-electron chi connectivity index (χ2n) is 6.08. The number of carbonyl (C=O) groups is 1. The van der Waals surface area contributed by atoms with Gasteiger partial charge in [-0.05, 0) is 36.8 Å². The standard InChI is InChI=1S/C19H17F3N4O2S/c1-12-3-2-4-16(24-12)26-18-25-14(11-29-18)9-17(27)23-10-13-5-7-15(8-6-13)28-19(20,21)22/h2-8,11H,9-10H2,1H3,(H,23,27)(H,24,25,26). The second-order valence-corrected chi connectivity index (χ2v) is 6.94. The minimum absolute atomic E-state index is 0.0920. The van der Waals surface area contributed by atoms with E-state index in [4.69, 9.17) is 0 Å². The Hall–Kier alpha value is -3.14. The fourth-order valence-electron chi connectivity index (χ4n) is 2.40. The molecule has 0 aliphatic rings. The molecule has 0 saturated heterocycles. The van der Waals surface area contributed by atoms with Crippen LogP contribution in [0.3, 0.4) is 0 Å². The van der Waals surface area contributed by atoms with Crippen LogP contribution in [0.4, 0.5) is 24.1 Å². The van der Waals surface area contributed by atoms with Crippen LogP contribution in [-0.2, 0) is 17.8 Å². The van der Waals surface area contributed by atoms with Crippen molar-refractivity contribution < 1.29 is 22.7 Å². The zero-order chi connectivity index (χ0) is 20.9. The highest BCUT2D eigenvalue weighted by Gasteiger charge is 2.30. The number of hydrogen-bond acceptors (Lipinski definition) is 6. The van der Waals surface area contributed by atoms with Crippen molar-refractivity contribution in [2.24, 2.45) is 0 Å². The Morgan fingerprint density at radius 3 is 2.59 bits per heavy atom. The van der Waals surface area contributed by atoms with Gasteiger partial charge in [0.2, 0.25) is 5.91 Å². The topological polar surface area (TPSA) is 76.1 Å². The number of ether oxygens (including phenoxy) is 1. The van der Waals surface area contributed by atoms with Gasteiger partial charge < -0.3 is 15.4 Å². The van der Waals surface area contributed by atoms with E-state index in [0.717, 1.165) is 5.69 Å². The van der Waals surface area contributed by atoms with Crippen molar-refractivity contribution in [2.75, 3.05) is 5.32 Å². The van der Waals surface area contributed by atoms with Crippen molar-refractivity contribution in [3.8, 4) is 5.75 Å². The molecule has 0 aliphatic heterocycles. The number of anilines is 2. The van der Waals surface area contributed by atoms with E-state index in [1.807, 2.05) is 25.1 Å². The Bertz CT molecular complexity index is 974. The number of alkyl halides is 3. The molecular formula is C19H17F3N4O2S. The van der Waals surface area contributed by atoms with Crippen molar-refractivity contribution in [2.45, 2.75) is 26.3 Å². The molecule has 2 aromatic heterocycles. The SMILES string of the molecule is Cc1cccc(Nc2nc(CC(=O)NCc3ccc(OC(F)(F)F)cc3)cs2)n1. The maximum Gasteiger partial charge on any atom is 0.573 e. The summed E-state index contributed by atoms with van der Waals surface area (Å²) in [5.41, 5.74) is 2.14. The Morgan fingerprint density at radius 1 is 1.14 bits per heavy atom. The van der Waals surface area contributed by atoms with Gasteiger partial charge in [-0.1, -0.05) is 18.2 Å². The third-order valence-corrected chi connectivity index (χ3v) is 4.47. The predicted octanol–water partition coefficient (Wildman–Crippen LogP) is 4.35. The number of amides is 1. The molecule has 2 heterocycles. The summed E-state index contributed by atoms with van der Waals surface area (Å²) in [6.45, 7) is 2.08. The van der Waals surface area contributed by atoms with Crippen molar-refractivity contribution in [1.29, 1.82) is 0 Å². The minimum atomic E-state index is -4.73. The number of hydrogen-bond donors (Lipinski definition) is 2. The maximum atomic E-state index is 12.2. The van der Waals surface area contributed by atoms with Crippen LogP contribution >= 0.6 is 11.3 Å². The number of nitrogens with zero attached hydrogens (tertiary/aromatic N) is 2. The van der Waals surface area contributed by atoms with Gasteiger partial charge in [0.1, 0.15) is 11.6 Å². The second kappa shape index (κ2) is 8.91. The summed E-state index contributed by atoms with van der Waals surface area (Å²) in [5, 5.41) is 8.21. The third kappa shape index (κ3) is 6.75. The first-order valence-electron chi connectivity index (χ1n) is 8.53. The van der Waals surface area contributed by atoms with E-state index in [9.17, 15) is 18.0 Å². The molecule has 3 aromatic rings. The van der Waals surface area contributed by atoms with E-state index < -0.39 is 6.36 Å². The molecular weight excluding hydrogens is 405 g/mol. The van der Waals surface area contributed by atoms with Crippen LogP contribution in [0, 0.1) is 6.92 Å². The normalized spacial score (nSPS) is 11.2. The van der Waals surface area contributed by atoms with Crippen molar-refractivity contribution in [3.05, 3.63) is 64.8 Å². The van der Waals surface area contributed by atoms with Crippen LogP contribution in [0.1, 0.15) is 17.0 Å². The van der Waals surface area contributed by atoms with E-state index in [-0.39, 0.29) is 24.6 Å². The lowest BCUT2D eigenvalue weighted by molar-refractivity contribution is -0.274. The first-order valence-corrected chi connectivity index (χ1v) is 9.41. The largest absolute Gasteiger partial charge is 0.573 e. The Labute approximate surface area is 168 Å². The third-order valence-electron chi connectivity index (χ3n) is 3.66. The summed E-state index contributed by atoms with van der Waals surface area (Å²) in [6.07, 6.45) is -4.64. The summed E-state index contributed by atoms with van der Waals surface area (Å²) in [7, 11) is 0. The fourth-order valence-corrected chi connectivity index (χ4v) is 3.12. The molecule has 0 unspecified atom stereocenters. The molecule has 0 aliphatic carbocycles. The summed E-state index contributed by atoms with van der Waals surface area (Å²) >= 11 is 1.36. The average Bonchev–Trinajstić information content (AvgIpc) is 3.06. The lowest BCUT2D eigenvalue weighted by atomic mass is 10.2. The molecule has 0 fully saturated rings. The smallest absolute Gasteiger partial charge is 0.406 e. The molecule has 6 nitrogen and oxygen atoms in total. The number of nitrogens with one attached hydrogen (secondary N) is 2. The average molecular weight is 422 g/mol. The summed E-state index contributed by atoms with van der Waals surface area (Å²) in [5.74, 6) is 0.123. The summed E-state index contributed by atoms with van der Waals surface area (Å²) in [6, 6.07) is 10.9. The lowest BCUT2D eigenvalue weighted by Crippen LogP contribution is -2.24. The highest BCUT2D eigenvalue weighted by atomic mass is 32.1. The lowest BCUT2D eigenvalue weighted by Gasteiger charge is -2.09. The van der Waals surface area contributed by atoms with Gasteiger partial charge in [0.15, 0.2) is 5.13 Å². The van der Waals surface area contributed by atoms with Crippen LogP contribution in [0.2, 0.25) is 0 Å². The van der Waals surface area contributed by atoms with Gasteiger partial charge in [-0.25, -0.2) is 9.97 Å². The first-order chi connectivity index (χ1) is 13.8. The van der Waals surface area contributed by atoms with Crippen LogP contribution in [-0.4, -0.2) is 22.2 Å². The molecule has 10 heteroatoms. The van der Waals surface area contributed by atoms with E-state index in [1.165, 1.54) is 35.6 Å². The molecule has 0 spiro atoms. The number of pyridine rings is 1. The van der Waals surface area contributed by atoms with E-state index >= 15 is 0 Å². The number of thiazole rings is 1. The molecule has 2 N–H and O–H groups in total. The van der Waals surface area contributed by atoms with Crippen LogP contribution < -0.4 is 15.4 Å². The summed E-state index contributed by atoms with van der Waals surface area (Å²) in [4.78, 5) is 20.8. The van der Waals surface area contributed by atoms with Gasteiger partial charge in [-0.15, -0.1) is 24.5 Å². The number of aromatic nitrogens is 2. The summed E-state index contributed by atoms with van der Waals surface area (Å²) < 4.78 is 40.3. The fraction of sp³-hybridized carbons (Fsp3) is 0.211. The van der Waals surface area contributed by atoms with Gasteiger partial charge in [-0.3, -0.25) is 4.79 Å². The quantitative estimate of drug-likeness (QED) is 0.592. The number of benzene rings is 1. The predicted molar refractivity (Wildman–Crippen MR) is 103 cm³/mol. The highest BCUT2D eigenvalue weighted by Crippen LogP contribution is 2.23. The number of rotatable bonds is 7. The van der Waals surface area contributed by atoms with Crippen LogP contribution in [0.15, 0.2) is 47.8 Å². The zero-order valence-electron chi connectivity index (χ0n) is 15.3. The van der Waals surface area contributed by atoms with Gasteiger partial charge in [0.25, 0.3) is 0 Å². The van der Waals surface area contributed by atoms with Gasteiger partial charge >= 0.3 is 6.36 Å². The van der Waals surface area contributed by atoms with Crippen molar-refractivity contribution in [1.82, 2.24) is 15.3 Å². The number of halogens is 3. The van der Waals surface area contributed by atoms with Gasteiger partial charge in [0.05, 0.1) is 12.1 Å². The zero-order valence-corrected chi connectivity index (χ0v) is 16.1. The van der Waals surface area contributed by atoms with E-state index in [0.29, 0.717) is 22.2 Å². The highest BCUT2D eigenvalue weighted by molar-refractivity contribution is 7.13.